The molecule has 1 N–H and O–H groups in total. The molecule has 0 saturated carbocycles. The number of benzene rings is 2. The molecule has 0 aromatic heterocycles. The van der Waals surface area contributed by atoms with Crippen LogP contribution in [0.4, 0.5) is 11.4 Å². The number of carbonyl (C=O) groups excluding carboxylic acids is 1. The fourth-order valence-corrected chi connectivity index (χ4v) is 3.52. The summed E-state index contributed by atoms with van der Waals surface area (Å²) in [6.07, 6.45) is 1.44. The number of hydrogen-bond donors (Lipinski definition) is 1. The molecule has 32 heavy (non-hydrogen) atoms. The average molecular weight is 458 g/mol. The highest BCUT2D eigenvalue weighted by Crippen LogP contribution is 2.36. The summed E-state index contributed by atoms with van der Waals surface area (Å²) in [6.45, 7) is 2.57. The highest BCUT2D eigenvalue weighted by Gasteiger charge is 2.19. The zero-order valence-corrected chi connectivity index (χ0v) is 18.9. The third kappa shape index (κ3) is 5.25. The van der Waals surface area contributed by atoms with Crippen LogP contribution in [0.2, 0.25) is 5.02 Å². The Hall–Kier alpha value is -3.41. The predicted molar refractivity (Wildman–Crippen MR) is 123 cm³/mol. The molecule has 1 heterocycles. The van der Waals surface area contributed by atoms with E-state index in [4.69, 9.17) is 30.5 Å². The SMILES string of the molecule is COc1cc(OC)c(OC)cc1/C=C(\C#N)C(=O)Nc1cc(Cl)ccc1N1CCOCC1. The predicted octanol–water partition coefficient (Wildman–Crippen LogP) is 3.75. The molecule has 9 heteroatoms. The number of anilines is 2. The molecule has 1 saturated heterocycles. The molecule has 1 fully saturated rings. The first-order valence-electron chi connectivity index (χ1n) is 9.86. The second-order valence-electron chi connectivity index (χ2n) is 6.83. The van der Waals surface area contributed by atoms with Gasteiger partial charge in [-0.05, 0) is 30.3 Å². The average Bonchev–Trinajstić information content (AvgIpc) is 2.82. The van der Waals surface area contributed by atoms with Crippen molar-refractivity contribution in [3.05, 3.63) is 46.5 Å². The van der Waals surface area contributed by atoms with Crippen molar-refractivity contribution in [1.29, 1.82) is 5.26 Å². The van der Waals surface area contributed by atoms with Crippen molar-refractivity contribution < 1.29 is 23.7 Å². The van der Waals surface area contributed by atoms with Crippen molar-refractivity contribution in [1.82, 2.24) is 0 Å². The maximum atomic E-state index is 13.0. The van der Waals surface area contributed by atoms with Crippen LogP contribution in [0.3, 0.4) is 0 Å². The van der Waals surface area contributed by atoms with Gasteiger partial charge in [0.2, 0.25) is 0 Å². The monoisotopic (exact) mass is 457 g/mol. The van der Waals surface area contributed by atoms with E-state index in [2.05, 4.69) is 10.2 Å². The van der Waals surface area contributed by atoms with Gasteiger partial charge in [-0.1, -0.05) is 11.6 Å². The second kappa shape index (κ2) is 10.8. The Balaban J connectivity index is 1.93. The second-order valence-corrected chi connectivity index (χ2v) is 7.27. The third-order valence-corrected chi connectivity index (χ3v) is 5.19. The lowest BCUT2D eigenvalue weighted by atomic mass is 10.1. The Bertz CT molecular complexity index is 1060. The molecule has 0 aliphatic carbocycles. The molecule has 1 aliphatic heterocycles. The van der Waals surface area contributed by atoms with E-state index in [1.54, 1.807) is 24.3 Å². The summed E-state index contributed by atoms with van der Waals surface area (Å²) in [4.78, 5) is 15.1. The van der Waals surface area contributed by atoms with Gasteiger partial charge < -0.3 is 29.2 Å². The highest BCUT2D eigenvalue weighted by molar-refractivity contribution is 6.31. The van der Waals surface area contributed by atoms with Gasteiger partial charge in [-0.25, -0.2) is 0 Å². The molecule has 2 aromatic rings. The largest absolute Gasteiger partial charge is 0.496 e. The van der Waals surface area contributed by atoms with E-state index in [1.165, 1.54) is 27.4 Å². The minimum atomic E-state index is -0.568. The topological polar surface area (TPSA) is 93.1 Å². The normalized spacial score (nSPS) is 13.8. The van der Waals surface area contributed by atoms with Crippen LogP contribution >= 0.6 is 11.6 Å². The number of morpholine rings is 1. The molecule has 0 unspecified atom stereocenters. The lowest BCUT2D eigenvalue weighted by Gasteiger charge is -2.30. The lowest BCUT2D eigenvalue weighted by Crippen LogP contribution is -2.36. The maximum Gasteiger partial charge on any atom is 0.266 e. The van der Waals surface area contributed by atoms with Crippen molar-refractivity contribution in [3.8, 4) is 23.3 Å². The summed E-state index contributed by atoms with van der Waals surface area (Å²) < 4.78 is 21.4. The minimum Gasteiger partial charge on any atom is -0.496 e. The van der Waals surface area contributed by atoms with Crippen molar-refractivity contribution >= 4 is 35.0 Å². The van der Waals surface area contributed by atoms with Gasteiger partial charge in [0.15, 0.2) is 11.5 Å². The van der Waals surface area contributed by atoms with Crippen LogP contribution in [0.15, 0.2) is 35.9 Å². The number of nitrogens with zero attached hydrogens (tertiary/aromatic N) is 2. The van der Waals surface area contributed by atoms with Gasteiger partial charge >= 0.3 is 0 Å². The highest BCUT2D eigenvalue weighted by atomic mass is 35.5. The summed E-state index contributed by atoms with van der Waals surface area (Å²) in [5.74, 6) is 0.779. The molecular weight excluding hydrogens is 434 g/mol. The van der Waals surface area contributed by atoms with Gasteiger partial charge in [-0.2, -0.15) is 5.26 Å². The Labute approximate surface area is 191 Å². The van der Waals surface area contributed by atoms with E-state index >= 15 is 0 Å². The van der Waals surface area contributed by atoms with Gasteiger partial charge in [-0.3, -0.25) is 4.79 Å². The molecule has 8 nitrogen and oxygen atoms in total. The van der Waals surface area contributed by atoms with Crippen molar-refractivity contribution in [3.63, 3.8) is 0 Å². The first-order chi connectivity index (χ1) is 15.5. The number of nitriles is 1. The summed E-state index contributed by atoms with van der Waals surface area (Å²) in [7, 11) is 4.51. The van der Waals surface area contributed by atoms with Crippen LogP contribution in [-0.4, -0.2) is 53.5 Å². The van der Waals surface area contributed by atoms with Gasteiger partial charge in [0, 0.05) is 29.7 Å². The zero-order chi connectivity index (χ0) is 23.1. The smallest absolute Gasteiger partial charge is 0.266 e. The fourth-order valence-electron chi connectivity index (χ4n) is 3.35. The Kier molecular flexibility index (Phi) is 7.82. The molecule has 168 valence electrons. The fraction of sp³-hybridized carbons (Fsp3) is 0.304. The minimum absolute atomic E-state index is 0.108. The Morgan fingerprint density at radius 1 is 1.09 bits per heavy atom. The number of methoxy groups -OCH3 is 3. The van der Waals surface area contributed by atoms with Gasteiger partial charge in [-0.15, -0.1) is 0 Å². The van der Waals surface area contributed by atoms with E-state index in [0.717, 1.165) is 5.69 Å². The number of amides is 1. The molecule has 1 aliphatic rings. The number of rotatable bonds is 7. The van der Waals surface area contributed by atoms with Crippen LogP contribution in [0.1, 0.15) is 5.56 Å². The molecule has 3 rings (SSSR count). The zero-order valence-electron chi connectivity index (χ0n) is 18.1. The number of ether oxygens (including phenoxy) is 4. The van der Waals surface area contributed by atoms with Crippen LogP contribution < -0.4 is 24.4 Å². The van der Waals surface area contributed by atoms with Crippen LogP contribution in [0, 0.1) is 11.3 Å². The van der Waals surface area contributed by atoms with Crippen molar-refractivity contribution in [2.75, 3.05) is 57.8 Å². The van der Waals surface area contributed by atoms with Crippen LogP contribution in [-0.2, 0) is 9.53 Å². The first-order valence-corrected chi connectivity index (χ1v) is 10.2. The Morgan fingerprint density at radius 2 is 1.75 bits per heavy atom. The Morgan fingerprint density at radius 3 is 2.38 bits per heavy atom. The van der Waals surface area contributed by atoms with Crippen LogP contribution in [0.5, 0.6) is 17.2 Å². The summed E-state index contributed by atoms with van der Waals surface area (Å²) in [6, 6.07) is 10.5. The standard InChI is InChI=1S/C23H24ClN3O5/c1-29-20-13-22(31-3)21(30-2)11-15(20)10-16(14-25)23(28)26-18-12-17(24)4-5-19(18)27-6-8-32-9-7-27/h4-5,10-13H,6-9H2,1-3H3,(H,26,28)/b16-10+. The van der Waals surface area contributed by atoms with Crippen molar-refractivity contribution in [2.45, 2.75) is 0 Å². The molecule has 0 spiro atoms. The van der Waals surface area contributed by atoms with E-state index < -0.39 is 5.91 Å². The molecule has 2 aromatic carbocycles. The van der Waals surface area contributed by atoms with E-state index in [0.29, 0.717) is 59.8 Å². The number of nitrogens with one attached hydrogen (secondary N) is 1. The molecule has 0 radical (unpaired) electrons. The number of hydrogen-bond acceptors (Lipinski definition) is 7. The summed E-state index contributed by atoms with van der Waals surface area (Å²) in [5.41, 5.74) is 1.72. The van der Waals surface area contributed by atoms with Gasteiger partial charge in [0.1, 0.15) is 17.4 Å². The van der Waals surface area contributed by atoms with Gasteiger partial charge in [0.05, 0.1) is 45.9 Å². The first kappa shape index (κ1) is 23.3. The number of halogens is 1. The molecular formula is C23H24ClN3O5. The summed E-state index contributed by atoms with van der Waals surface area (Å²) >= 11 is 6.17. The molecule has 1 amide bonds. The molecule has 0 atom stereocenters. The quantitative estimate of drug-likeness (QED) is 0.500. The maximum absolute atomic E-state index is 13.0. The van der Waals surface area contributed by atoms with E-state index in [1.807, 2.05) is 12.1 Å². The third-order valence-electron chi connectivity index (χ3n) is 4.96. The van der Waals surface area contributed by atoms with Gasteiger partial charge in [0.25, 0.3) is 5.91 Å². The van der Waals surface area contributed by atoms with Crippen molar-refractivity contribution in [2.24, 2.45) is 0 Å². The van der Waals surface area contributed by atoms with E-state index in [9.17, 15) is 10.1 Å². The van der Waals surface area contributed by atoms with E-state index in [-0.39, 0.29) is 5.57 Å². The number of carbonyl (C=O) groups is 1. The molecule has 0 bridgehead atoms. The van der Waals surface area contributed by atoms with Crippen LogP contribution in [0.25, 0.3) is 6.08 Å². The lowest BCUT2D eigenvalue weighted by molar-refractivity contribution is -0.112. The summed E-state index contributed by atoms with van der Waals surface area (Å²) in [5, 5.41) is 13.0.